The van der Waals surface area contributed by atoms with Gasteiger partial charge in [-0.1, -0.05) is 18.6 Å². The molecule has 3 heteroatoms. The highest BCUT2D eigenvalue weighted by atomic mass is 15.0. The van der Waals surface area contributed by atoms with Crippen LogP contribution in [0, 0.1) is 0 Å². The Balaban J connectivity index is 1.69. The second-order valence-electron chi connectivity index (χ2n) is 5.83. The predicted octanol–water partition coefficient (Wildman–Crippen LogP) is 3.57. The predicted molar refractivity (Wildman–Crippen MR) is 85.1 cm³/mol. The van der Waals surface area contributed by atoms with E-state index in [1.54, 1.807) is 0 Å². The molecule has 1 aliphatic rings. The van der Waals surface area contributed by atoms with Gasteiger partial charge in [-0.15, -0.1) is 0 Å². The van der Waals surface area contributed by atoms with E-state index in [1.165, 1.54) is 48.7 Å². The molecule has 2 unspecified atom stereocenters. The van der Waals surface area contributed by atoms with Gasteiger partial charge in [-0.05, 0) is 50.2 Å². The number of nitrogens with one attached hydrogen (secondary N) is 2. The first-order valence-corrected chi connectivity index (χ1v) is 7.65. The first kappa shape index (κ1) is 13.4. The van der Waals surface area contributed by atoms with Gasteiger partial charge in [0.15, 0.2) is 0 Å². The number of rotatable bonds is 4. The Hall–Kier alpha value is -1.61. The number of hydrogen-bond acceptors (Lipinski definition) is 3. The molecule has 2 N–H and O–H groups in total. The van der Waals surface area contributed by atoms with E-state index in [2.05, 4.69) is 46.8 Å². The minimum Gasteiger partial charge on any atom is -0.382 e. The van der Waals surface area contributed by atoms with Crippen LogP contribution in [0.1, 0.15) is 32.6 Å². The zero-order valence-corrected chi connectivity index (χ0v) is 12.1. The van der Waals surface area contributed by atoms with Crippen LogP contribution in [0.4, 0.5) is 5.69 Å². The van der Waals surface area contributed by atoms with E-state index in [-0.39, 0.29) is 0 Å². The highest BCUT2D eigenvalue weighted by Gasteiger charge is 2.16. The number of benzene rings is 1. The summed E-state index contributed by atoms with van der Waals surface area (Å²) in [6.45, 7) is 3.45. The smallest absolute Gasteiger partial charge is 0.0437 e. The number of piperidine rings is 1. The quantitative estimate of drug-likeness (QED) is 0.891. The van der Waals surface area contributed by atoms with E-state index < -0.39 is 0 Å². The molecule has 20 heavy (non-hydrogen) atoms. The fraction of sp³-hybridized carbons (Fsp3) is 0.471. The Kier molecular flexibility index (Phi) is 4.16. The number of pyridine rings is 1. The average molecular weight is 269 g/mol. The van der Waals surface area contributed by atoms with Crippen LogP contribution in [-0.2, 0) is 0 Å². The zero-order valence-electron chi connectivity index (χ0n) is 12.1. The van der Waals surface area contributed by atoms with E-state index in [0.717, 1.165) is 0 Å². The van der Waals surface area contributed by atoms with Gasteiger partial charge in [0, 0.05) is 35.6 Å². The summed E-state index contributed by atoms with van der Waals surface area (Å²) in [7, 11) is 0. The fourth-order valence-electron chi connectivity index (χ4n) is 3.12. The van der Waals surface area contributed by atoms with Crippen molar-refractivity contribution in [2.45, 2.75) is 44.7 Å². The Morgan fingerprint density at radius 3 is 3.15 bits per heavy atom. The van der Waals surface area contributed by atoms with Gasteiger partial charge in [-0.25, -0.2) is 0 Å². The molecule has 1 aromatic carbocycles. The third-order valence-electron chi connectivity index (χ3n) is 4.14. The van der Waals surface area contributed by atoms with Gasteiger partial charge >= 0.3 is 0 Å². The fourth-order valence-corrected chi connectivity index (χ4v) is 3.12. The first-order chi connectivity index (χ1) is 9.83. The summed E-state index contributed by atoms with van der Waals surface area (Å²) < 4.78 is 0. The molecule has 1 aliphatic heterocycles. The lowest BCUT2D eigenvalue weighted by Gasteiger charge is -2.27. The Morgan fingerprint density at radius 2 is 2.30 bits per heavy atom. The molecule has 1 aromatic heterocycles. The molecule has 0 radical (unpaired) electrons. The topological polar surface area (TPSA) is 37.0 Å². The number of fused-ring (bicyclic) bond motifs is 1. The van der Waals surface area contributed by atoms with Crippen molar-refractivity contribution in [2.75, 3.05) is 11.9 Å². The SMILES string of the molecule is CC(CC1CCCCN1)Nc1cccc2ccncc12. The maximum absolute atomic E-state index is 4.24. The van der Waals surface area contributed by atoms with Gasteiger partial charge in [-0.2, -0.15) is 0 Å². The minimum atomic E-state index is 0.469. The van der Waals surface area contributed by atoms with E-state index >= 15 is 0 Å². The van der Waals surface area contributed by atoms with E-state index in [4.69, 9.17) is 0 Å². The Morgan fingerprint density at radius 1 is 1.35 bits per heavy atom. The lowest BCUT2D eigenvalue weighted by Crippen LogP contribution is -2.37. The molecule has 106 valence electrons. The van der Waals surface area contributed by atoms with Crippen LogP contribution >= 0.6 is 0 Å². The molecule has 3 nitrogen and oxygen atoms in total. The number of hydrogen-bond donors (Lipinski definition) is 2. The molecule has 0 saturated carbocycles. The van der Waals surface area contributed by atoms with Crippen LogP contribution in [0.2, 0.25) is 0 Å². The zero-order chi connectivity index (χ0) is 13.8. The summed E-state index contributed by atoms with van der Waals surface area (Å²) in [5.74, 6) is 0. The van der Waals surface area contributed by atoms with Crippen LogP contribution in [0.15, 0.2) is 36.7 Å². The standard InChI is InChI=1S/C17H23N3/c1-13(11-15-6-2-3-9-19-15)20-17-7-4-5-14-8-10-18-12-16(14)17/h4-5,7-8,10,12-13,15,19-20H,2-3,6,9,11H2,1H3. The molecule has 1 saturated heterocycles. The Bertz CT molecular complexity index is 556. The van der Waals surface area contributed by atoms with Crippen LogP contribution in [0.25, 0.3) is 10.8 Å². The maximum atomic E-state index is 4.24. The lowest BCUT2D eigenvalue weighted by atomic mass is 9.98. The molecule has 2 heterocycles. The van der Waals surface area contributed by atoms with E-state index in [1.807, 2.05) is 12.4 Å². The largest absolute Gasteiger partial charge is 0.382 e. The van der Waals surface area contributed by atoms with E-state index in [0.29, 0.717) is 12.1 Å². The monoisotopic (exact) mass is 269 g/mol. The third kappa shape index (κ3) is 3.10. The second-order valence-corrected chi connectivity index (χ2v) is 5.83. The molecule has 3 rings (SSSR count). The Labute approximate surface area is 120 Å². The summed E-state index contributed by atoms with van der Waals surface area (Å²) in [5.41, 5.74) is 1.19. The molecular formula is C17H23N3. The van der Waals surface area contributed by atoms with Crippen molar-refractivity contribution < 1.29 is 0 Å². The van der Waals surface area contributed by atoms with Gasteiger partial charge in [0.25, 0.3) is 0 Å². The van der Waals surface area contributed by atoms with Crippen molar-refractivity contribution in [3.05, 3.63) is 36.7 Å². The van der Waals surface area contributed by atoms with Crippen molar-refractivity contribution in [1.29, 1.82) is 0 Å². The normalized spacial score (nSPS) is 20.8. The second kappa shape index (κ2) is 6.23. The molecule has 2 aromatic rings. The van der Waals surface area contributed by atoms with Crippen molar-refractivity contribution in [3.63, 3.8) is 0 Å². The number of nitrogens with zero attached hydrogens (tertiary/aromatic N) is 1. The number of anilines is 1. The van der Waals surface area contributed by atoms with Crippen LogP contribution < -0.4 is 10.6 Å². The average Bonchev–Trinajstić information content (AvgIpc) is 2.48. The molecule has 1 fully saturated rings. The molecule has 0 spiro atoms. The highest BCUT2D eigenvalue weighted by Crippen LogP contribution is 2.23. The summed E-state index contributed by atoms with van der Waals surface area (Å²) in [5, 5.41) is 9.72. The van der Waals surface area contributed by atoms with Crippen LogP contribution in [-0.4, -0.2) is 23.6 Å². The van der Waals surface area contributed by atoms with Gasteiger partial charge in [0.2, 0.25) is 0 Å². The van der Waals surface area contributed by atoms with Crippen molar-refractivity contribution in [1.82, 2.24) is 10.3 Å². The molecular weight excluding hydrogens is 246 g/mol. The van der Waals surface area contributed by atoms with Gasteiger partial charge in [0.1, 0.15) is 0 Å². The third-order valence-corrected chi connectivity index (χ3v) is 4.14. The molecule has 0 bridgehead atoms. The van der Waals surface area contributed by atoms with Gasteiger partial charge in [0.05, 0.1) is 0 Å². The summed E-state index contributed by atoms with van der Waals surface area (Å²) in [6, 6.07) is 9.59. The van der Waals surface area contributed by atoms with Crippen molar-refractivity contribution in [3.8, 4) is 0 Å². The van der Waals surface area contributed by atoms with Crippen LogP contribution in [0.5, 0.6) is 0 Å². The first-order valence-electron chi connectivity index (χ1n) is 7.65. The van der Waals surface area contributed by atoms with Gasteiger partial charge in [-0.3, -0.25) is 4.98 Å². The molecule has 2 atom stereocenters. The van der Waals surface area contributed by atoms with Crippen molar-refractivity contribution in [2.24, 2.45) is 0 Å². The summed E-state index contributed by atoms with van der Waals surface area (Å²) >= 11 is 0. The van der Waals surface area contributed by atoms with E-state index in [9.17, 15) is 0 Å². The lowest BCUT2D eigenvalue weighted by molar-refractivity contribution is 0.371. The van der Waals surface area contributed by atoms with Crippen molar-refractivity contribution >= 4 is 16.5 Å². The summed E-state index contributed by atoms with van der Waals surface area (Å²) in [4.78, 5) is 4.24. The minimum absolute atomic E-state index is 0.469. The highest BCUT2D eigenvalue weighted by molar-refractivity contribution is 5.93. The molecule has 0 aliphatic carbocycles. The molecule has 0 amide bonds. The van der Waals surface area contributed by atoms with Gasteiger partial charge < -0.3 is 10.6 Å². The maximum Gasteiger partial charge on any atom is 0.0437 e. The summed E-state index contributed by atoms with van der Waals surface area (Å²) in [6.07, 6.45) is 8.97. The van der Waals surface area contributed by atoms with Crippen LogP contribution in [0.3, 0.4) is 0 Å². The number of aromatic nitrogens is 1.